The summed E-state index contributed by atoms with van der Waals surface area (Å²) in [4.78, 5) is 22.7. The molecule has 0 aromatic rings. The van der Waals surface area contributed by atoms with Crippen molar-refractivity contribution in [3.63, 3.8) is 0 Å². The topological polar surface area (TPSA) is 102 Å². The number of hydrogen-bond donors (Lipinski definition) is 2. The maximum Gasteiger partial charge on any atom is 0.334 e. The van der Waals surface area contributed by atoms with Gasteiger partial charge in [0, 0.05) is 18.3 Å². The van der Waals surface area contributed by atoms with Crippen LogP contribution in [0.3, 0.4) is 0 Å². The molecule has 2 heterocycles. The van der Waals surface area contributed by atoms with Gasteiger partial charge >= 0.3 is 5.97 Å². The van der Waals surface area contributed by atoms with Gasteiger partial charge in [0.25, 0.3) is 0 Å². The summed E-state index contributed by atoms with van der Waals surface area (Å²) in [6.07, 6.45) is 1.80. The zero-order chi connectivity index (χ0) is 18.1. The number of aliphatic hydroxyl groups is 1. The van der Waals surface area contributed by atoms with Crippen LogP contribution in [-0.4, -0.2) is 46.8 Å². The number of hydrogen-bond acceptors (Lipinski definition) is 6. The van der Waals surface area contributed by atoms with Crippen molar-refractivity contribution in [2.45, 2.75) is 70.7 Å². The van der Waals surface area contributed by atoms with Gasteiger partial charge in [0.15, 0.2) is 6.29 Å². The van der Waals surface area contributed by atoms with E-state index in [9.17, 15) is 19.8 Å². The summed E-state index contributed by atoms with van der Waals surface area (Å²) in [5.74, 6) is -0.863. The Morgan fingerprint density at radius 3 is 2.68 bits per heavy atom. The van der Waals surface area contributed by atoms with Crippen LogP contribution in [0.1, 0.15) is 46.0 Å². The van der Waals surface area contributed by atoms with Gasteiger partial charge in [0.1, 0.15) is 11.9 Å². The van der Waals surface area contributed by atoms with Gasteiger partial charge in [-0.3, -0.25) is 4.79 Å². The lowest BCUT2D eigenvalue weighted by Gasteiger charge is -2.40. The number of ketones is 1. The number of carbonyl (C=O) groups excluding carboxylic acids is 1. The quantitative estimate of drug-likeness (QED) is 0.776. The van der Waals surface area contributed by atoms with Crippen molar-refractivity contribution in [2.24, 2.45) is 17.8 Å². The van der Waals surface area contributed by atoms with E-state index in [0.717, 1.165) is 12.8 Å². The molecule has 2 N–H and O–H groups in total. The van der Waals surface area contributed by atoms with Crippen LogP contribution in [0, 0.1) is 17.8 Å². The number of carbonyl (C=O) groups is 2. The normalized spacial score (nSPS) is 40.8. The summed E-state index contributed by atoms with van der Waals surface area (Å²) in [6, 6.07) is 0. The van der Waals surface area contributed by atoms with Crippen molar-refractivity contribution < 1.29 is 34.0 Å². The maximum absolute atomic E-state index is 11.4. The van der Waals surface area contributed by atoms with Crippen LogP contribution in [0.25, 0.3) is 0 Å². The molecule has 3 rings (SSSR count). The Morgan fingerprint density at radius 2 is 2.00 bits per heavy atom. The molecule has 0 aromatic heterocycles. The molecule has 0 unspecified atom stereocenters. The minimum absolute atomic E-state index is 0.0348. The van der Waals surface area contributed by atoms with Crippen LogP contribution in [0.2, 0.25) is 0 Å². The highest BCUT2D eigenvalue weighted by atomic mass is 16.8. The number of carboxylic acid groups (broad SMARTS) is 1. The van der Waals surface area contributed by atoms with Gasteiger partial charge in [-0.2, -0.15) is 0 Å². The summed E-state index contributed by atoms with van der Waals surface area (Å²) in [5.41, 5.74) is 0.286. The number of carboxylic acids is 1. The fraction of sp³-hybridized carbons (Fsp3) is 0.778. The van der Waals surface area contributed by atoms with E-state index in [1.165, 1.54) is 13.2 Å². The highest BCUT2D eigenvalue weighted by Gasteiger charge is 2.48. The molecule has 2 fully saturated rings. The second-order valence-electron chi connectivity index (χ2n) is 7.43. The molecule has 1 saturated carbocycles. The molecule has 0 spiro atoms. The third-order valence-electron chi connectivity index (χ3n) is 5.55. The van der Waals surface area contributed by atoms with E-state index in [1.807, 2.05) is 0 Å². The maximum atomic E-state index is 11.4. The smallest absolute Gasteiger partial charge is 0.334 e. The van der Waals surface area contributed by atoms with Gasteiger partial charge < -0.3 is 24.4 Å². The molecule has 2 aliphatic heterocycles. The first-order chi connectivity index (χ1) is 11.9. The predicted molar refractivity (Wildman–Crippen MR) is 86.3 cm³/mol. The molecule has 7 nitrogen and oxygen atoms in total. The molecule has 0 aromatic carbocycles. The lowest BCUT2D eigenvalue weighted by molar-refractivity contribution is -0.307. The molecule has 7 atom stereocenters. The second-order valence-corrected chi connectivity index (χ2v) is 7.43. The molecular weight excluding hydrogens is 328 g/mol. The van der Waals surface area contributed by atoms with Gasteiger partial charge in [-0.25, -0.2) is 4.79 Å². The van der Waals surface area contributed by atoms with Crippen molar-refractivity contribution in [1.82, 2.24) is 0 Å². The Morgan fingerprint density at radius 1 is 1.24 bits per heavy atom. The molecule has 140 valence electrons. The summed E-state index contributed by atoms with van der Waals surface area (Å²) < 4.78 is 17.3. The first kappa shape index (κ1) is 18.4. The van der Waals surface area contributed by atoms with Gasteiger partial charge in [-0.05, 0) is 38.5 Å². The number of ether oxygens (including phenoxy) is 3. The lowest BCUT2D eigenvalue weighted by Crippen LogP contribution is -2.47. The number of aliphatic hydroxyl groups excluding tert-OH is 1. The van der Waals surface area contributed by atoms with Crippen LogP contribution in [-0.2, 0) is 23.8 Å². The van der Waals surface area contributed by atoms with E-state index in [1.54, 1.807) is 0 Å². The Bertz CT molecular complexity index is 558. The average Bonchev–Trinajstić information content (AvgIpc) is 2.92. The predicted octanol–water partition coefficient (Wildman–Crippen LogP) is 1.84. The summed E-state index contributed by atoms with van der Waals surface area (Å²) in [6.45, 7) is 3.57. The summed E-state index contributed by atoms with van der Waals surface area (Å²) in [5, 5.41) is 19.6. The Hall–Kier alpha value is -1.44. The average molecular weight is 354 g/mol. The molecule has 1 aliphatic carbocycles. The van der Waals surface area contributed by atoms with E-state index >= 15 is 0 Å². The van der Waals surface area contributed by atoms with Crippen LogP contribution in [0.4, 0.5) is 0 Å². The highest BCUT2D eigenvalue weighted by Crippen LogP contribution is 2.47. The van der Waals surface area contributed by atoms with Crippen molar-refractivity contribution in [3.8, 4) is 0 Å². The number of rotatable bonds is 5. The minimum atomic E-state index is -0.960. The van der Waals surface area contributed by atoms with Crippen LogP contribution in [0.15, 0.2) is 11.8 Å². The van der Waals surface area contributed by atoms with E-state index in [2.05, 4.69) is 6.92 Å². The van der Waals surface area contributed by atoms with E-state index < -0.39 is 24.7 Å². The largest absolute Gasteiger partial charge is 0.478 e. The van der Waals surface area contributed by atoms with Gasteiger partial charge in [-0.15, -0.1) is 0 Å². The fourth-order valence-electron chi connectivity index (χ4n) is 4.26. The van der Waals surface area contributed by atoms with E-state index in [0.29, 0.717) is 19.3 Å². The van der Waals surface area contributed by atoms with Gasteiger partial charge in [0.2, 0.25) is 6.29 Å². The third-order valence-corrected chi connectivity index (χ3v) is 5.55. The molecule has 7 heteroatoms. The van der Waals surface area contributed by atoms with Crippen LogP contribution >= 0.6 is 0 Å². The lowest BCUT2D eigenvalue weighted by atomic mass is 9.83. The van der Waals surface area contributed by atoms with Crippen LogP contribution < -0.4 is 0 Å². The number of Topliss-reactive ketones (excluding diaryl/α,β-unsaturated/α-hetero) is 1. The molecule has 3 aliphatic rings. The third kappa shape index (κ3) is 3.88. The second kappa shape index (κ2) is 7.43. The van der Waals surface area contributed by atoms with Crippen LogP contribution in [0.5, 0.6) is 0 Å². The first-order valence-corrected chi connectivity index (χ1v) is 8.94. The summed E-state index contributed by atoms with van der Waals surface area (Å²) in [7, 11) is 0. The van der Waals surface area contributed by atoms with Crippen molar-refractivity contribution >= 4 is 11.8 Å². The Balaban J connectivity index is 1.70. The molecule has 0 amide bonds. The van der Waals surface area contributed by atoms with Gasteiger partial charge in [-0.1, -0.05) is 6.92 Å². The molecule has 0 bridgehead atoms. The monoisotopic (exact) mass is 354 g/mol. The zero-order valence-electron chi connectivity index (χ0n) is 14.6. The Labute approximate surface area is 146 Å². The van der Waals surface area contributed by atoms with Crippen molar-refractivity contribution in [1.29, 1.82) is 0 Å². The minimum Gasteiger partial charge on any atom is -0.478 e. The molecule has 0 radical (unpaired) electrons. The van der Waals surface area contributed by atoms with E-state index in [4.69, 9.17) is 14.2 Å². The SMILES string of the molecule is CC(=O)C[C@@H]1CC[C@@H](O)[C@H](O[C@@H]2OC=C(C(=O)O)[C@H]3CC[C@H](C)[C@@H]23)O1. The Kier molecular flexibility index (Phi) is 5.46. The highest BCUT2D eigenvalue weighted by molar-refractivity contribution is 5.87. The summed E-state index contributed by atoms with van der Waals surface area (Å²) >= 11 is 0. The van der Waals surface area contributed by atoms with E-state index in [-0.39, 0.29) is 35.2 Å². The fourth-order valence-corrected chi connectivity index (χ4v) is 4.26. The molecular formula is C18H26O7. The number of aliphatic carboxylic acids is 1. The molecule has 1 saturated heterocycles. The number of fused-ring (bicyclic) bond motifs is 1. The van der Waals surface area contributed by atoms with Gasteiger partial charge in [0.05, 0.1) is 17.9 Å². The van der Waals surface area contributed by atoms with Crippen molar-refractivity contribution in [3.05, 3.63) is 11.8 Å². The molecule has 25 heavy (non-hydrogen) atoms. The first-order valence-electron chi connectivity index (χ1n) is 8.94. The zero-order valence-corrected chi connectivity index (χ0v) is 14.6. The standard InChI is InChI=1S/C18H26O7/c1-9-3-5-12-13(16(21)22)8-23-18(15(9)12)25-17-14(20)6-4-11(24-17)7-10(2)19/h8-9,11-12,14-15,17-18,20H,3-7H2,1-2H3,(H,21,22)/t9-,11-,12+,14+,15+,17-,18-/m0/s1. The van der Waals surface area contributed by atoms with Crippen molar-refractivity contribution in [2.75, 3.05) is 0 Å².